The Labute approximate surface area is 50.8 Å². The van der Waals surface area contributed by atoms with Gasteiger partial charge >= 0.3 is 0 Å². The summed E-state index contributed by atoms with van der Waals surface area (Å²) in [5, 5.41) is 0. The third-order valence-corrected chi connectivity index (χ3v) is 0.707. The Bertz CT molecular complexity index is 11.4. The molecule has 0 aliphatic rings. The average molecular weight is 128 g/mol. The molecule has 0 atom stereocenters. The van der Waals surface area contributed by atoms with E-state index in [0.29, 0.717) is 0 Å². The van der Waals surface area contributed by atoms with Crippen LogP contribution < -0.4 is 0 Å². The Hall–Kier alpha value is 0.519. The zero-order valence-corrected chi connectivity index (χ0v) is 5.58. The normalized spacial score (nSPS) is 7.00. The maximum absolute atomic E-state index is 2.21. The number of rotatable bonds is 2. The average Bonchev–Trinajstić information content (AvgIpc) is 1.41. The third-order valence-electron chi connectivity index (χ3n) is 0.707. The van der Waals surface area contributed by atoms with Crippen LogP contribution in [0.1, 0.15) is 33.1 Å². The van der Waals surface area contributed by atoms with Gasteiger partial charge in [-0.1, -0.05) is 33.1 Å². The molecule has 0 aliphatic heterocycles. The first-order valence-electron chi connectivity index (χ1n) is 2.41. The van der Waals surface area contributed by atoms with Gasteiger partial charge in [0.2, 0.25) is 0 Å². The molecule has 0 rings (SSSR count). The van der Waals surface area contributed by atoms with Crippen molar-refractivity contribution in [2.75, 3.05) is 0 Å². The van der Waals surface area contributed by atoms with E-state index in [-0.39, 0.29) is 17.1 Å². The summed E-state index contributed by atoms with van der Waals surface area (Å²) in [5.74, 6) is 0. The van der Waals surface area contributed by atoms with Crippen LogP contribution in [0, 0.1) is 0 Å². The summed E-state index contributed by atoms with van der Waals surface area (Å²) < 4.78 is 0. The van der Waals surface area contributed by atoms with E-state index in [4.69, 9.17) is 0 Å². The van der Waals surface area contributed by atoms with Crippen LogP contribution in [-0.2, 0) is 17.1 Å². The SMILES string of the molecule is CCCCC.[Fe]. The second-order valence-corrected chi connectivity index (χ2v) is 1.35. The van der Waals surface area contributed by atoms with Gasteiger partial charge in [0.15, 0.2) is 0 Å². The standard InChI is InChI=1S/C5H12.Fe/c1-3-5-4-2;/h3-5H2,1-2H3;. The predicted molar refractivity (Wildman–Crippen MR) is 25.2 cm³/mol. The van der Waals surface area contributed by atoms with Crippen LogP contribution in [0.3, 0.4) is 0 Å². The molecule has 0 nitrogen and oxygen atoms in total. The summed E-state index contributed by atoms with van der Waals surface area (Å²) in [7, 11) is 0. The Morgan fingerprint density at radius 1 is 1.00 bits per heavy atom. The molecule has 0 spiro atoms. The molecule has 0 saturated heterocycles. The van der Waals surface area contributed by atoms with E-state index in [9.17, 15) is 0 Å². The van der Waals surface area contributed by atoms with Gasteiger partial charge < -0.3 is 0 Å². The van der Waals surface area contributed by atoms with E-state index >= 15 is 0 Å². The number of hydrogen-bond donors (Lipinski definition) is 0. The van der Waals surface area contributed by atoms with E-state index in [1.807, 2.05) is 0 Å². The molecule has 6 heavy (non-hydrogen) atoms. The molecule has 0 heterocycles. The topological polar surface area (TPSA) is 0 Å². The van der Waals surface area contributed by atoms with Gasteiger partial charge in [0.25, 0.3) is 0 Å². The van der Waals surface area contributed by atoms with Crippen molar-refractivity contribution in [3.8, 4) is 0 Å². The summed E-state index contributed by atoms with van der Waals surface area (Å²) >= 11 is 0. The van der Waals surface area contributed by atoms with Crippen LogP contribution in [0.4, 0.5) is 0 Å². The second kappa shape index (κ2) is 9.10. The van der Waals surface area contributed by atoms with Crippen LogP contribution >= 0.6 is 0 Å². The first kappa shape index (κ1) is 9.72. The Kier molecular flexibility index (Phi) is 14.8. The van der Waals surface area contributed by atoms with Crippen molar-refractivity contribution in [1.82, 2.24) is 0 Å². The first-order valence-corrected chi connectivity index (χ1v) is 2.41. The van der Waals surface area contributed by atoms with Crippen LogP contribution in [0.2, 0.25) is 0 Å². The van der Waals surface area contributed by atoms with Crippen LogP contribution in [0.5, 0.6) is 0 Å². The molecule has 0 N–H and O–H groups in total. The number of hydrogen-bond acceptors (Lipinski definition) is 0. The molecule has 0 aliphatic carbocycles. The Balaban J connectivity index is 0. The van der Waals surface area contributed by atoms with Crippen molar-refractivity contribution in [1.29, 1.82) is 0 Å². The van der Waals surface area contributed by atoms with Gasteiger partial charge in [-0.15, -0.1) is 0 Å². The second-order valence-electron chi connectivity index (χ2n) is 1.35. The van der Waals surface area contributed by atoms with Crippen molar-refractivity contribution in [3.05, 3.63) is 0 Å². The minimum absolute atomic E-state index is 0. The zero-order chi connectivity index (χ0) is 4.12. The molecule has 0 aromatic heterocycles. The number of unbranched alkanes of at least 4 members (excludes halogenated alkanes) is 2. The quantitative estimate of drug-likeness (QED) is 0.500. The summed E-state index contributed by atoms with van der Waals surface area (Å²) in [6.07, 6.45) is 4.08. The fraction of sp³-hybridized carbons (Fsp3) is 1.00. The maximum atomic E-state index is 2.21. The van der Waals surface area contributed by atoms with Crippen LogP contribution in [0.15, 0.2) is 0 Å². The maximum Gasteiger partial charge on any atom is 0 e. The molecule has 0 saturated carbocycles. The van der Waals surface area contributed by atoms with E-state index in [1.54, 1.807) is 0 Å². The van der Waals surface area contributed by atoms with Crippen molar-refractivity contribution >= 4 is 0 Å². The fourth-order valence-corrected chi connectivity index (χ4v) is 0.354. The molecule has 0 aromatic carbocycles. The fourth-order valence-electron chi connectivity index (χ4n) is 0.354. The molecule has 0 bridgehead atoms. The molecule has 0 radical (unpaired) electrons. The van der Waals surface area contributed by atoms with Gasteiger partial charge in [-0.2, -0.15) is 0 Å². The molecule has 1 heteroatoms. The van der Waals surface area contributed by atoms with Gasteiger partial charge in [0.1, 0.15) is 0 Å². The van der Waals surface area contributed by atoms with Crippen molar-refractivity contribution in [2.24, 2.45) is 0 Å². The summed E-state index contributed by atoms with van der Waals surface area (Å²) in [4.78, 5) is 0. The minimum Gasteiger partial charge on any atom is -0.0654 e. The van der Waals surface area contributed by atoms with E-state index in [2.05, 4.69) is 13.8 Å². The summed E-state index contributed by atoms with van der Waals surface area (Å²) in [6.45, 7) is 4.42. The molecular formula is C5H12Fe. The molecule has 0 aromatic rings. The van der Waals surface area contributed by atoms with Gasteiger partial charge in [0.05, 0.1) is 0 Å². The van der Waals surface area contributed by atoms with Crippen molar-refractivity contribution < 1.29 is 17.1 Å². The Morgan fingerprint density at radius 3 is 1.33 bits per heavy atom. The molecule has 40 valence electrons. The third kappa shape index (κ3) is 8.82. The first-order chi connectivity index (χ1) is 2.41. The van der Waals surface area contributed by atoms with Gasteiger partial charge in [-0.05, 0) is 0 Å². The molecule has 0 fully saturated rings. The van der Waals surface area contributed by atoms with Crippen LogP contribution in [-0.4, -0.2) is 0 Å². The predicted octanol–water partition coefficient (Wildman–Crippen LogP) is 2.19. The smallest absolute Gasteiger partial charge is 0 e. The molecular weight excluding hydrogens is 116 g/mol. The van der Waals surface area contributed by atoms with E-state index < -0.39 is 0 Å². The monoisotopic (exact) mass is 128 g/mol. The minimum atomic E-state index is 0. The molecule has 0 amide bonds. The van der Waals surface area contributed by atoms with Crippen molar-refractivity contribution in [2.45, 2.75) is 33.1 Å². The van der Waals surface area contributed by atoms with E-state index in [1.165, 1.54) is 19.3 Å². The van der Waals surface area contributed by atoms with E-state index in [0.717, 1.165) is 0 Å². The molecule has 0 unspecified atom stereocenters. The Morgan fingerprint density at radius 2 is 1.33 bits per heavy atom. The largest absolute Gasteiger partial charge is 0.0654 e. The zero-order valence-electron chi connectivity index (χ0n) is 4.47. The summed E-state index contributed by atoms with van der Waals surface area (Å²) in [5.41, 5.74) is 0. The summed E-state index contributed by atoms with van der Waals surface area (Å²) in [6, 6.07) is 0. The van der Waals surface area contributed by atoms with Gasteiger partial charge in [-0.3, -0.25) is 0 Å². The van der Waals surface area contributed by atoms with Crippen LogP contribution in [0.25, 0.3) is 0 Å². The van der Waals surface area contributed by atoms with Gasteiger partial charge in [-0.25, -0.2) is 0 Å². The van der Waals surface area contributed by atoms with Crippen molar-refractivity contribution in [3.63, 3.8) is 0 Å². The van der Waals surface area contributed by atoms with Gasteiger partial charge in [0, 0.05) is 17.1 Å².